The molecule has 8 heteroatoms. The maximum atomic E-state index is 12.7. The van der Waals surface area contributed by atoms with Crippen molar-refractivity contribution < 1.29 is 22.7 Å². The molecule has 0 fully saturated rings. The molecule has 32 heavy (non-hydrogen) atoms. The highest BCUT2D eigenvalue weighted by atomic mass is 32.2. The number of sulfonamides is 1. The minimum absolute atomic E-state index is 0.00135. The number of hydrogen-bond acceptors (Lipinski definition) is 5. The second-order valence-electron chi connectivity index (χ2n) is 7.41. The summed E-state index contributed by atoms with van der Waals surface area (Å²) in [4.78, 5) is 25.2. The molecule has 1 amide bonds. The smallest absolute Gasteiger partial charge is 0.338 e. The Morgan fingerprint density at radius 2 is 1.59 bits per heavy atom. The van der Waals surface area contributed by atoms with E-state index in [1.54, 1.807) is 26.0 Å². The molecular weight excluding hydrogens is 428 g/mol. The number of amides is 1. The van der Waals surface area contributed by atoms with E-state index in [1.807, 2.05) is 42.5 Å². The Kier molecular flexibility index (Phi) is 6.76. The van der Waals surface area contributed by atoms with Gasteiger partial charge in [0.1, 0.15) is 0 Å². The summed E-state index contributed by atoms with van der Waals surface area (Å²) >= 11 is 0. The van der Waals surface area contributed by atoms with Crippen molar-refractivity contribution >= 4 is 27.6 Å². The first kappa shape index (κ1) is 23.2. The number of para-hydroxylation sites is 1. The lowest BCUT2D eigenvalue weighted by molar-refractivity contribution is -0.123. The summed E-state index contributed by atoms with van der Waals surface area (Å²) in [6.45, 7) is 4.71. The van der Waals surface area contributed by atoms with Crippen molar-refractivity contribution in [3.63, 3.8) is 0 Å². The molecule has 0 radical (unpaired) electrons. The fourth-order valence-electron chi connectivity index (χ4n) is 3.22. The molecule has 0 aliphatic heterocycles. The fraction of sp³-hybridized carbons (Fsp3) is 0.167. The Hall–Kier alpha value is -3.49. The first-order chi connectivity index (χ1) is 15.1. The van der Waals surface area contributed by atoms with Gasteiger partial charge in [0.15, 0.2) is 6.10 Å². The van der Waals surface area contributed by atoms with Crippen LogP contribution in [0.15, 0.2) is 71.6 Å². The van der Waals surface area contributed by atoms with E-state index in [2.05, 4.69) is 5.32 Å². The molecule has 0 aliphatic rings. The summed E-state index contributed by atoms with van der Waals surface area (Å²) in [6, 6.07) is 19.5. The second-order valence-corrected chi connectivity index (χ2v) is 8.94. The molecule has 3 rings (SSSR count). The number of rotatable bonds is 6. The van der Waals surface area contributed by atoms with E-state index in [-0.39, 0.29) is 10.5 Å². The van der Waals surface area contributed by atoms with Gasteiger partial charge in [-0.1, -0.05) is 48.5 Å². The van der Waals surface area contributed by atoms with Crippen LogP contribution in [-0.4, -0.2) is 26.4 Å². The molecule has 0 saturated heterocycles. The van der Waals surface area contributed by atoms with E-state index < -0.39 is 28.0 Å². The summed E-state index contributed by atoms with van der Waals surface area (Å²) in [7, 11) is -4.02. The van der Waals surface area contributed by atoms with Crippen LogP contribution in [0.3, 0.4) is 0 Å². The van der Waals surface area contributed by atoms with Crippen LogP contribution in [0.4, 0.5) is 5.69 Å². The molecule has 3 aromatic rings. The third kappa shape index (κ3) is 5.22. The van der Waals surface area contributed by atoms with Gasteiger partial charge in [0, 0.05) is 11.3 Å². The summed E-state index contributed by atoms with van der Waals surface area (Å²) in [5.74, 6) is -1.34. The van der Waals surface area contributed by atoms with Crippen LogP contribution in [0.5, 0.6) is 0 Å². The third-order valence-electron chi connectivity index (χ3n) is 5.08. The Bertz CT molecular complexity index is 1270. The molecule has 1 unspecified atom stereocenters. The average Bonchev–Trinajstić information content (AvgIpc) is 2.75. The van der Waals surface area contributed by atoms with Crippen LogP contribution >= 0.6 is 0 Å². The van der Waals surface area contributed by atoms with E-state index in [9.17, 15) is 18.0 Å². The zero-order valence-corrected chi connectivity index (χ0v) is 18.8. The van der Waals surface area contributed by atoms with Gasteiger partial charge in [-0.05, 0) is 55.7 Å². The van der Waals surface area contributed by atoms with E-state index in [4.69, 9.17) is 9.88 Å². The van der Waals surface area contributed by atoms with Crippen LogP contribution in [-0.2, 0) is 19.6 Å². The molecule has 0 bridgehead atoms. The molecule has 0 spiro atoms. The monoisotopic (exact) mass is 452 g/mol. The largest absolute Gasteiger partial charge is 0.449 e. The van der Waals surface area contributed by atoms with Crippen LogP contribution in [0.25, 0.3) is 11.1 Å². The SMILES string of the molecule is Cc1cc(C(=O)OC(C)C(=O)Nc2ccccc2-c2ccccc2)cc(S(N)(=O)=O)c1C. The molecule has 1 atom stereocenters. The number of anilines is 1. The predicted octanol–water partition coefficient (Wildman–Crippen LogP) is 3.80. The predicted molar refractivity (Wildman–Crippen MR) is 123 cm³/mol. The lowest BCUT2D eigenvalue weighted by atomic mass is 10.0. The van der Waals surface area contributed by atoms with Crippen LogP contribution < -0.4 is 10.5 Å². The topological polar surface area (TPSA) is 116 Å². The number of aryl methyl sites for hydroxylation is 1. The maximum absolute atomic E-state index is 12.7. The minimum atomic E-state index is -4.02. The van der Waals surface area contributed by atoms with E-state index >= 15 is 0 Å². The normalized spacial score (nSPS) is 12.1. The molecule has 0 heterocycles. The zero-order valence-electron chi connectivity index (χ0n) is 18.0. The lowest BCUT2D eigenvalue weighted by Gasteiger charge is -2.16. The van der Waals surface area contributed by atoms with Crippen LogP contribution in [0, 0.1) is 13.8 Å². The van der Waals surface area contributed by atoms with Gasteiger partial charge in [0.25, 0.3) is 5.91 Å². The van der Waals surface area contributed by atoms with Crippen molar-refractivity contribution in [2.24, 2.45) is 5.14 Å². The number of esters is 1. The van der Waals surface area contributed by atoms with Crippen LogP contribution in [0.2, 0.25) is 0 Å². The fourth-order valence-corrected chi connectivity index (χ4v) is 4.10. The van der Waals surface area contributed by atoms with Gasteiger partial charge in [0.05, 0.1) is 10.5 Å². The van der Waals surface area contributed by atoms with Crippen molar-refractivity contribution in [1.82, 2.24) is 0 Å². The number of primary sulfonamides is 1. The molecule has 0 aliphatic carbocycles. The number of carbonyl (C=O) groups is 2. The maximum Gasteiger partial charge on any atom is 0.338 e. The molecule has 166 valence electrons. The van der Waals surface area contributed by atoms with Gasteiger partial charge in [0.2, 0.25) is 10.0 Å². The van der Waals surface area contributed by atoms with Crippen molar-refractivity contribution in [2.75, 3.05) is 5.32 Å². The minimum Gasteiger partial charge on any atom is -0.449 e. The van der Waals surface area contributed by atoms with Crippen LogP contribution in [0.1, 0.15) is 28.4 Å². The van der Waals surface area contributed by atoms with Gasteiger partial charge in [-0.25, -0.2) is 18.4 Å². The van der Waals surface area contributed by atoms with Crippen molar-refractivity contribution in [1.29, 1.82) is 0 Å². The van der Waals surface area contributed by atoms with Gasteiger partial charge < -0.3 is 10.1 Å². The summed E-state index contributed by atoms with van der Waals surface area (Å²) in [6.07, 6.45) is -1.12. The quantitative estimate of drug-likeness (QED) is 0.552. The van der Waals surface area contributed by atoms with Gasteiger partial charge in [-0.2, -0.15) is 0 Å². The Morgan fingerprint density at radius 3 is 2.25 bits per heavy atom. The standard InChI is InChI=1S/C24H24N2O5S/c1-15-13-19(14-22(16(15)2)32(25,29)30)24(28)31-17(3)23(27)26-21-12-8-7-11-20(21)18-9-5-4-6-10-18/h4-14,17H,1-3H3,(H,26,27)(H2,25,29,30). The van der Waals surface area contributed by atoms with Crippen molar-refractivity contribution in [3.8, 4) is 11.1 Å². The highest BCUT2D eigenvalue weighted by Crippen LogP contribution is 2.28. The first-order valence-corrected chi connectivity index (χ1v) is 11.4. The third-order valence-corrected chi connectivity index (χ3v) is 6.12. The average molecular weight is 453 g/mol. The Labute approximate surface area is 187 Å². The van der Waals surface area contributed by atoms with Crippen molar-refractivity contribution in [3.05, 3.63) is 83.4 Å². The highest BCUT2D eigenvalue weighted by Gasteiger charge is 2.23. The molecule has 0 aromatic heterocycles. The lowest BCUT2D eigenvalue weighted by Crippen LogP contribution is -2.30. The number of hydrogen-bond donors (Lipinski definition) is 2. The second kappa shape index (κ2) is 9.33. The van der Waals surface area contributed by atoms with Crippen molar-refractivity contribution in [2.45, 2.75) is 31.8 Å². The summed E-state index contributed by atoms with van der Waals surface area (Å²) in [5.41, 5.74) is 3.35. The number of nitrogens with one attached hydrogen (secondary N) is 1. The summed E-state index contributed by atoms with van der Waals surface area (Å²) in [5, 5.41) is 8.04. The highest BCUT2D eigenvalue weighted by molar-refractivity contribution is 7.89. The Morgan fingerprint density at radius 1 is 0.969 bits per heavy atom. The Balaban J connectivity index is 1.78. The zero-order chi connectivity index (χ0) is 23.5. The van der Waals surface area contributed by atoms with Gasteiger partial charge >= 0.3 is 5.97 Å². The molecule has 7 nitrogen and oxygen atoms in total. The molecule has 3 N–H and O–H groups in total. The molecule has 0 saturated carbocycles. The number of ether oxygens (including phenoxy) is 1. The molecule has 3 aromatic carbocycles. The summed E-state index contributed by atoms with van der Waals surface area (Å²) < 4.78 is 28.9. The molecular formula is C24H24N2O5S. The van der Waals surface area contributed by atoms with Gasteiger partial charge in [-0.3, -0.25) is 4.79 Å². The number of nitrogens with two attached hydrogens (primary N) is 1. The van der Waals surface area contributed by atoms with E-state index in [0.717, 1.165) is 17.2 Å². The first-order valence-electron chi connectivity index (χ1n) is 9.88. The van der Waals surface area contributed by atoms with E-state index in [1.165, 1.54) is 13.0 Å². The number of benzene rings is 3. The van der Waals surface area contributed by atoms with E-state index in [0.29, 0.717) is 16.8 Å². The van der Waals surface area contributed by atoms with Gasteiger partial charge in [-0.15, -0.1) is 0 Å². The number of carbonyl (C=O) groups excluding carboxylic acids is 2.